The average Bonchev–Trinajstić information content (AvgIpc) is 3.10. The van der Waals surface area contributed by atoms with E-state index in [-0.39, 0.29) is 5.41 Å². The Morgan fingerprint density at radius 3 is 0.917 bits per heavy atom. The topological polar surface area (TPSA) is 0 Å². The van der Waals surface area contributed by atoms with Crippen LogP contribution in [0.5, 0.6) is 0 Å². The zero-order valence-corrected chi connectivity index (χ0v) is 33.1. The first-order valence-electron chi connectivity index (χ1n) is 21.8. The van der Waals surface area contributed by atoms with Crippen molar-refractivity contribution >= 4 is 0 Å². The van der Waals surface area contributed by atoms with Crippen molar-refractivity contribution in [1.82, 2.24) is 0 Å². The predicted molar refractivity (Wildman–Crippen MR) is 211 cm³/mol. The van der Waals surface area contributed by atoms with E-state index in [1.807, 2.05) is 0 Å². The quantitative estimate of drug-likeness (QED) is 0.197. The molecule has 0 nitrogen and oxygen atoms in total. The van der Waals surface area contributed by atoms with E-state index in [9.17, 15) is 0 Å². The standard InChI is InChI=1S/C32H54.C16H26/c1-25-7-11-27(12-8-25)29-15-21-31(3,22-16-29)19-5-6-20-32(4)23-17-30(18-24-32)28-13-9-26(2)10-14-28;1-4-16(3)11-9-15(10-12-16)14-7-5-13(2)6-8-14/h5-6,19-20,25-30H,7-18,21-24H2,1-4H3;1,13-15H,5-12H2,2-3H3/b19-5+,20-6+;. The van der Waals surface area contributed by atoms with Crippen LogP contribution in [-0.2, 0) is 0 Å². The molecule has 48 heavy (non-hydrogen) atoms. The number of hydrogen-bond acceptors (Lipinski definition) is 0. The van der Waals surface area contributed by atoms with Crippen molar-refractivity contribution in [2.45, 2.75) is 196 Å². The normalized spacial score (nSPS) is 46.1. The van der Waals surface area contributed by atoms with E-state index < -0.39 is 0 Å². The average molecular weight is 657 g/mol. The molecule has 6 saturated carbocycles. The maximum Gasteiger partial charge on any atom is 0.0284 e. The van der Waals surface area contributed by atoms with Gasteiger partial charge in [0, 0.05) is 5.41 Å². The summed E-state index contributed by atoms with van der Waals surface area (Å²) in [5, 5.41) is 0. The minimum Gasteiger partial charge on any atom is -0.120 e. The van der Waals surface area contributed by atoms with Crippen molar-refractivity contribution in [2.75, 3.05) is 0 Å². The lowest BCUT2D eigenvalue weighted by molar-refractivity contribution is 0.130. The van der Waals surface area contributed by atoms with Crippen LogP contribution in [0.25, 0.3) is 0 Å². The van der Waals surface area contributed by atoms with Crippen molar-refractivity contribution in [1.29, 1.82) is 0 Å². The number of rotatable bonds is 6. The molecule has 0 aliphatic heterocycles. The first-order valence-corrected chi connectivity index (χ1v) is 21.8. The maximum absolute atomic E-state index is 5.63. The molecule has 0 saturated heterocycles. The molecular weight excluding hydrogens is 577 g/mol. The van der Waals surface area contributed by atoms with Gasteiger partial charge in [-0.3, -0.25) is 0 Å². The Balaban J connectivity index is 0.000000236. The minimum absolute atomic E-state index is 0.221. The fraction of sp³-hybridized carbons (Fsp3) is 0.875. The highest BCUT2D eigenvalue weighted by Crippen LogP contribution is 2.48. The largest absolute Gasteiger partial charge is 0.120 e. The second-order valence-corrected chi connectivity index (χ2v) is 20.3. The Morgan fingerprint density at radius 2 is 0.646 bits per heavy atom. The van der Waals surface area contributed by atoms with Crippen molar-refractivity contribution in [3.8, 4) is 12.3 Å². The third-order valence-corrected chi connectivity index (χ3v) is 16.1. The number of allylic oxidation sites excluding steroid dienone is 4. The van der Waals surface area contributed by atoms with Crippen molar-refractivity contribution < 1.29 is 0 Å². The van der Waals surface area contributed by atoms with Crippen LogP contribution >= 0.6 is 0 Å². The van der Waals surface area contributed by atoms with E-state index in [0.29, 0.717) is 10.8 Å². The molecule has 0 aromatic carbocycles. The van der Waals surface area contributed by atoms with Crippen molar-refractivity contribution in [3.63, 3.8) is 0 Å². The monoisotopic (exact) mass is 657 g/mol. The van der Waals surface area contributed by atoms with Crippen LogP contribution in [0.1, 0.15) is 196 Å². The van der Waals surface area contributed by atoms with E-state index in [0.717, 1.165) is 53.3 Å². The van der Waals surface area contributed by atoms with Gasteiger partial charge in [0.2, 0.25) is 0 Å². The van der Waals surface area contributed by atoms with Gasteiger partial charge in [0.1, 0.15) is 0 Å². The van der Waals surface area contributed by atoms with Gasteiger partial charge in [0.15, 0.2) is 0 Å². The molecule has 0 atom stereocenters. The second kappa shape index (κ2) is 17.5. The molecule has 0 N–H and O–H groups in total. The second-order valence-electron chi connectivity index (χ2n) is 20.3. The van der Waals surface area contributed by atoms with E-state index >= 15 is 0 Å². The summed E-state index contributed by atoms with van der Waals surface area (Å²) in [6, 6.07) is 0. The highest BCUT2D eigenvalue weighted by molar-refractivity contribution is 5.13. The summed E-state index contributed by atoms with van der Waals surface area (Å²) in [5.41, 5.74) is 1.11. The zero-order chi connectivity index (χ0) is 34.2. The predicted octanol–water partition coefficient (Wildman–Crippen LogP) is 14.8. The Kier molecular flexibility index (Phi) is 14.0. The molecule has 0 bridgehead atoms. The van der Waals surface area contributed by atoms with Gasteiger partial charge < -0.3 is 0 Å². The highest BCUT2D eigenvalue weighted by atomic mass is 14.4. The smallest absolute Gasteiger partial charge is 0.0284 e. The van der Waals surface area contributed by atoms with E-state index in [2.05, 4.69) is 71.8 Å². The van der Waals surface area contributed by atoms with E-state index in [4.69, 9.17) is 6.42 Å². The Morgan fingerprint density at radius 1 is 0.396 bits per heavy atom. The molecular formula is C48H80. The van der Waals surface area contributed by atoms with Crippen LogP contribution in [0.15, 0.2) is 24.3 Å². The van der Waals surface area contributed by atoms with Gasteiger partial charge in [-0.05, 0) is 187 Å². The fourth-order valence-corrected chi connectivity index (χ4v) is 11.6. The molecule has 272 valence electrons. The number of hydrogen-bond donors (Lipinski definition) is 0. The lowest BCUT2D eigenvalue weighted by atomic mass is 9.65. The fourth-order valence-electron chi connectivity index (χ4n) is 11.6. The van der Waals surface area contributed by atoms with Crippen LogP contribution in [0.3, 0.4) is 0 Å². The summed E-state index contributed by atoms with van der Waals surface area (Å²) in [6.07, 6.45) is 50.4. The lowest BCUT2D eigenvalue weighted by Crippen LogP contribution is -2.29. The summed E-state index contributed by atoms with van der Waals surface area (Å²) in [5.74, 6) is 12.1. The van der Waals surface area contributed by atoms with E-state index in [1.54, 1.807) is 0 Å². The maximum atomic E-state index is 5.63. The molecule has 0 aromatic heterocycles. The molecule has 0 amide bonds. The molecule has 0 spiro atoms. The molecule has 6 rings (SSSR count). The van der Waals surface area contributed by atoms with Crippen molar-refractivity contribution in [2.24, 2.45) is 69.5 Å². The van der Waals surface area contributed by atoms with Crippen LogP contribution in [0.4, 0.5) is 0 Å². The Labute approximate surface area is 300 Å². The van der Waals surface area contributed by atoms with Crippen LogP contribution in [-0.4, -0.2) is 0 Å². The molecule has 0 heteroatoms. The summed E-state index contributed by atoms with van der Waals surface area (Å²) < 4.78 is 0. The van der Waals surface area contributed by atoms with Crippen molar-refractivity contribution in [3.05, 3.63) is 24.3 Å². The molecule has 0 radical (unpaired) electrons. The van der Waals surface area contributed by atoms with Gasteiger partial charge in [0.25, 0.3) is 0 Å². The molecule has 6 aliphatic carbocycles. The van der Waals surface area contributed by atoms with E-state index in [1.165, 1.54) is 154 Å². The van der Waals surface area contributed by atoms with Gasteiger partial charge in [-0.2, -0.15) is 0 Å². The Hall–Kier alpha value is -0.960. The summed E-state index contributed by atoms with van der Waals surface area (Å²) in [7, 11) is 0. The van der Waals surface area contributed by atoms with Gasteiger partial charge >= 0.3 is 0 Å². The minimum atomic E-state index is 0.221. The molecule has 6 aliphatic rings. The highest BCUT2D eigenvalue weighted by Gasteiger charge is 2.36. The van der Waals surface area contributed by atoms with Crippen LogP contribution in [0.2, 0.25) is 0 Å². The van der Waals surface area contributed by atoms with Gasteiger partial charge in [0.05, 0.1) is 0 Å². The van der Waals surface area contributed by atoms with Gasteiger partial charge in [-0.15, -0.1) is 12.3 Å². The first-order chi connectivity index (χ1) is 23.0. The molecule has 0 unspecified atom stereocenters. The number of terminal acetylenes is 1. The lowest BCUT2D eigenvalue weighted by Gasteiger charge is -2.41. The Bertz CT molecular complexity index is 962. The summed E-state index contributed by atoms with van der Waals surface area (Å²) in [6.45, 7) is 14.6. The third kappa shape index (κ3) is 11.0. The summed E-state index contributed by atoms with van der Waals surface area (Å²) in [4.78, 5) is 0. The first kappa shape index (κ1) is 38.3. The van der Waals surface area contributed by atoms with Crippen LogP contribution < -0.4 is 0 Å². The molecule has 0 aromatic rings. The summed E-state index contributed by atoms with van der Waals surface area (Å²) >= 11 is 0. The third-order valence-electron chi connectivity index (χ3n) is 16.1. The van der Waals surface area contributed by atoms with Crippen LogP contribution in [0, 0.1) is 81.8 Å². The molecule has 0 heterocycles. The van der Waals surface area contributed by atoms with Gasteiger partial charge in [-0.1, -0.05) is 97.4 Å². The zero-order valence-electron chi connectivity index (χ0n) is 33.1. The SMILES string of the molecule is C#CC1(C)CCC(C2CCC(C)CC2)CC1.CC1CCC(C2CCC(C)(/C=C/C=C/C3(C)CCC(C4CCC(C)CC4)CC3)CC2)CC1. The molecule has 6 fully saturated rings. The van der Waals surface area contributed by atoms with Gasteiger partial charge in [-0.25, -0.2) is 0 Å².